The maximum Gasteiger partial charge on any atom is 0.213 e. The number of piperidine rings is 1. The van der Waals surface area contributed by atoms with Gasteiger partial charge in [-0.1, -0.05) is 0 Å². The van der Waals surface area contributed by atoms with Crippen LogP contribution in [0.25, 0.3) is 0 Å². The van der Waals surface area contributed by atoms with Crippen LogP contribution in [0.15, 0.2) is 18.3 Å². The molecule has 2 rings (SSSR count). The monoisotopic (exact) mass is 192 g/mol. The Bertz CT molecular complexity index is 278. The van der Waals surface area contributed by atoms with Gasteiger partial charge in [0, 0.05) is 19.2 Å². The Kier molecular flexibility index (Phi) is 2.87. The average Bonchev–Trinajstić information content (AvgIpc) is 2.30. The molecule has 3 heteroatoms. The third kappa shape index (κ3) is 1.97. The number of hydrogen-bond donors (Lipinski definition) is 0. The topological polar surface area (TPSA) is 25.4 Å². The zero-order valence-electron chi connectivity index (χ0n) is 8.57. The summed E-state index contributed by atoms with van der Waals surface area (Å²) in [6.45, 7) is 2.32. The van der Waals surface area contributed by atoms with E-state index in [0.29, 0.717) is 5.88 Å². The average molecular weight is 192 g/mol. The molecule has 1 aromatic heterocycles. The van der Waals surface area contributed by atoms with Gasteiger partial charge in [-0.05, 0) is 25.3 Å². The smallest absolute Gasteiger partial charge is 0.213 e. The quantitative estimate of drug-likeness (QED) is 0.717. The summed E-state index contributed by atoms with van der Waals surface area (Å²) in [6.07, 6.45) is 5.85. The maximum atomic E-state index is 5.03. The molecule has 0 saturated carbocycles. The maximum absolute atomic E-state index is 5.03. The van der Waals surface area contributed by atoms with Gasteiger partial charge in [0.15, 0.2) is 0 Å². The molecule has 0 amide bonds. The van der Waals surface area contributed by atoms with Crippen molar-refractivity contribution >= 4 is 5.69 Å². The molecule has 1 aliphatic heterocycles. The summed E-state index contributed by atoms with van der Waals surface area (Å²) in [5.41, 5.74) is 1.21. The molecule has 0 aliphatic carbocycles. The second-order valence-electron chi connectivity index (χ2n) is 3.61. The molecule has 14 heavy (non-hydrogen) atoms. The number of aromatic nitrogens is 1. The van der Waals surface area contributed by atoms with Crippen LogP contribution in [0, 0.1) is 0 Å². The van der Waals surface area contributed by atoms with Crippen molar-refractivity contribution in [2.45, 2.75) is 19.3 Å². The summed E-state index contributed by atoms with van der Waals surface area (Å²) < 4.78 is 5.03. The highest BCUT2D eigenvalue weighted by atomic mass is 16.5. The minimum absolute atomic E-state index is 0.686. The van der Waals surface area contributed by atoms with E-state index in [1.807, 2.05) is 12.3 Å². The third-order valence-corrected chi connectivity index (χ3v) is 2.65. The Hall–Kier alpha value is -1.25. The molecule has 3 nitrogen and oxygen atoms in total. The minimum Gasteiger partial charge on any atom is -0.481 e. The first kappa shape index (κ1) is 9.31. The lowest BCUT2D eigenvalue weighted by Gasteiger charge is -2.28. The molecule has 1 saturated heterocycles. The van der Waals surface area contributed by atoms with E-state index in [0.717, 1.165) is 13.1 Å². The highest BCUT2D eigenvalue weighted by Crippen LogP contribution is 2.20. The van der Waals surface area contributed by atoms with Crippen molar-refractivity contribution in [3.05, 3.63) is 18.3 Å². The number of anilines is 1. The van der Waals surface area contributed by atoms with Crippen LogP contribution < -0.4 is 9.64 Å². The molecule has 76 valence electrons. The Morgan fingerprint density at radius 2 is 2.00 bits per heavy atom. The minimum atomic E-state index is 0.686. The number of rotatable bonds is 2. The zero-order valence-corrected chi connectivity index (χ0v) is 8.57. The second kappa shape index (κ2) is 4.31. The molecule has 2 heterocycles. The molecule has 1 fully saturated rings. The molecule has 0 N–H and O–H groups in total. The van der Waals surface area contributed by atoms with Crippen molar-refractivity contribution in [1.82, 2.24) is 4.98 Å². The van der Waals surface area contributed by atoms with E-state index < -0.39 is 0 Å². The Morgan fingerprint density at radius 1 is 1.21 bits per heavy atom. The van der Waals surface area contributed by atoms with Crippen molar-refractivity contribution in [3.63, 3.8) is 0 Å². The molecule has 1 aromatic rings. The summed E-state index contributed by atoms with van der Waals surface area (Å²) in [6, 6.07) is 4.00. The first-order valence-electron chi connectivity index (χ1n) is 5.15. The largest absolute Gasteiger partial charge is 0.481 e. The van der Waals surface area contributed by atoms with Crippen LogP contribution in [0.4, 0.5) is 5.69 Å². The van der Waals surface area contributed by atoms with Crippen molar-refractivity contribution in [2.24, 2.45) is 0 Å². The van der Waals surface area contributed by atoms with E-state index in [1.54, 1.807) is 7.11 Å². The lowest BCUT2D eigenvalue weighted by molar-refractivity contribution is 0.398. The van der Waals surface area contributed by atoms with Crippen LogP contribution in [0.2, 0.25) is 0 Å². The summed E-state index contributed by atoms with van der Waals surface area (Å²) in [7, 11) is 1.64. The number of ether oxygens (including phenoxy) is 1. The van der Waals surface area contributed by atoms with Crippen LogP contribution in [0.3, 0.4) is 0 Å². The molecule has 0 radical (unpaired) electrons. The second-order valence-corrected chi connectivity index (χ2v) is 3.61. The predicted octanol–water partition coefficient (Wildman–Crippen LogP) is 2.08. The summed E-state index contributed by atoms with van der Waals surface area (Å²) in [5, 5.41) is 0. The fraction of sp³-hybridized carbons (Fsp3) is 0.545. The third-order valence-electron chi connectivity index (χ3n) is 2.65. The van der Waals surface area contributed by atoms with Gasteiger partial charge in [0.05, 0.1) is 19.0 Å². The van der Waals surface area contributed by atoms with E-state index in [9.17, 15) is 0 Å². The van der Waals surface area contributed by atoms with Gasteiger partial charge in [0.2, 0.25) is 5.88 Å². The lowest BCUT2D eigenvalue weighted by Crippen LogP contribution is -2.29. The van der Waals surface area contributed by atoms with E-state index in [1.165, 1.54) is 24.9 Å². The molecule has 0 atom stereocenters. The van der Waals surface area contributed by atoms with E-state index in [-0.39, 0.29) is 0 Å². The van der Waals surface area contributed by atoms with Gasteiger partial charge in [0.1, 0.15) is 0 Å². The van der Waals surface area contributed by atoms with Crippen molar-refractivity contribution in [3.8, 4) is 5.88 Å². The molecule has 1 aliphatic rings. The Balaban J connectivity index is 2.07. The van der Waals surface area contributed by atoms with E-state index in [4.69, 9.17) is 4.74 Å². The van der Waals surface area contributed by atoms with E-state index in [2.05, 4.69) is 16.0 Å². The van der Waals surface area contributed by atoms with Gasteiger partial charge in [-0.15, -0.1) is 0 Å². The van der Waals surface area contributed by atoms with Gasteiger partial charge in [-0.2, -0.15) is 0 Å². The van der Waals surface area contributed by atoms with E-state index >= 15 is 0 Å². The fourth-order valence-electron chi connectivity index (χ4n) is 1.83. The van der Waals surface area contributed by atoms with Crippen LogP contribution in [-0.2, 0) is 0 Å². The molecule has 0 aromatic carbocycles. The SMILES string of the molecule is COc1ccc(N2CCCCC2)cn1. The van der Waals surface area contributed by atoms with Gasteiger partial charge < -0.3 is 9.64 Å². The molecular formula is C11H16N2O. The van der Waals surface area contributed by atoms with Crippen molar-refractivity contribution < 1.29 is 4.74 Å². The Labute approximate surface area is 84.7 Å². The predicted molar refractivity (Wildman–Crippen MR) is 56.9 cm³/mol. The summed E-state index contributed by atoms with van der Waals surface area (Å²) in [5.74, 6) is 0.686. The van der Waals surface area contributed by atoms with Crippen molar-refractivity contribution in [1.29, 1.82) is 0 Å². The summed E-state index contributed by atoms with van der Waals surface area (Å²) in [4.78, 5) is 6.59. The highest BCUT2D eigenvalue weighted by Gasteiger charge is 2.10. The van der Waals surface area contributed by atoms with Gasteiger partial charge in [0.25, 0.3) is 0 Å². The van der Waals surface area contributed by atoms with Crippen molar-refractivity contribution in [2.75, 3.05) is 25.1 Å². The first-order valence-corrected chi connectivity index (χ1v) is 5.15. The fourth-order valence-corrected chi connectivity index (χ4v) is 1.83. The van der Waals surface area contributed by atoms with Gasteiger partial charge in [-0.3, -0.25) is 0 Å². The van der Waals surface area contributed by atoms with Crippen LogP contribution >= 0.6 is 0 Å². The molecular weight excluding hydrogens is 176 g/mol. The number of hydrogen-bond acceptors (Lipinski definition) is 3. The van der Waals surface area contributed by atoms with Gasteiger partial charge >= 0.3 is 0 Å². The highest BCUT2D eigenvalue weighted by molar-refractivity contribution is 5.45. The van der Waals surface area contributed by atoms with Crippen LogP contribution in [0.1, 0.15) is 19.3 Å². The zero-order chi connectivity index (χ0) is 9.80. The van der Waals surface area contributed by atoms with Crippen LogP contribution in [-0.4, -0.2) is 25.2 Å². The molecule has 0 unspecified atom stereocenters. The van der Waals surface area contributed by atoms with Crippen LogP contribution in [0.5, 0.6) is 5.88 Å². The number of pyridine rings is 1. The normalized spacial score (nSPS) is 16.8. The Morgan fingerprint density at radius 3 is 2.57 bits per heavy atom. The summed E-state index contributed by atoms with van der Waals surface area (Å²) >= 11 is 0. The molecule has 0 bridgehead atoms. The number of methoxy groups -OCH3 is 1. The lowest BCUT2D eigenvalue weighted by atomic mass is 10.1. The molecule has 0 spiro atoms. The van der Waals surface area contributed by atoms with Gasteiger partial charge in [-0.25, -0.2) is 4.98 Å². The number of nitrogens with zero attached hydrogens (tertiary/aromatic N) is 2. The first-order chi connectivity index (χ1) is 6.90. The standard InChI is InChI=1S/C11H16N2O/c1-14-11-6-5-10(9-12-11)13-7-3-2-4-8-13/h5-6,9H,2-4,7-8H2,1H3.